The fourth-order valence-corrected chi connectivity index (χ4v) is 6.39. The number of anilines is 2. The van der Waals surface area contributed by atoms with E-state index in [4.69, 9.17) is 5.73 Å². The van der Waals surface area contributed by atoms with E-state index >= 15 is 0 Å². The Balaban J connectivity index is 1.43. The quantitative estimate of drug-likeness (QED) is 0.416. The van der Waals surface area contributed by atoms with Crippen LogP contribution in [0.15, 0.2) is 82.6 Å². The maximum Gasteiger partial charge on any atom is 0.275 e. The minimum absolute atomic E-state index is 0.178. The predicted molar refractivity (Wildman–Crippen MR) is 139 cm³/mol. The number of nitrogens with zero attached hydrogens (tertiary/aromatic N) is 1. The third-order valence-electron chi connectivity index (χ3n) is 6.81. The second-order valence-corrected chi connectivity index (χ2v) is 10.1. The van der Waals surface area contributed by atoms with Gasteiger partial charge in [-0.2, -0.15) is 0 Å². The van der Waals surface area contributed by atoms with Crippen LogP contribution in [0.4, 0.5) is 11.4 Å². The smallest absolute Gasteiger partial charge is 0.275 e. The van der Waals surface area contributed by atoms with Gasteiger partial charge in [-0.15, -0.1) is 11.8 Å². The van der Waals surface area contributed by atoms with Crippen molar-refractivity contribution in [3.63, 3.8) is 0 Å². The largest absolute Gasteiger partial charge is 0.394 e. The van der Waals surface area contributed by atoms with Crippen molar-refractivity contribution in [3.8, 4) is 0 Å². The van der Waals surface area contributed by atoms with Crippen LogP contribution in [0.2, 0.25) is 0 Å². The van der Waals surface area contributed by atoms with Crippen LogP contribution in [0.5, 0.6) is 0 Å². The van der Waals surface area contributed by atoms with Crippen molar-refractivity contribution in [1.82, 2.24) is 4.57 Å². The van der Waals surface area contributed by atoms with E-state index in [-0.39, 0.29) is 17.2 Å². The highest BCUT2D eigenvalue weighted by Crippen LogP contribution is 2.50. The van der Waals surface area contributed by atoms with E-state index < -0.39 is 6.04 Å². The van der Waals surface area contributed by atoms with Gasteiger partial charge in [0.1, 0.15) is 11.7 Å². The lowest BCUT2D eigenvalue weighted by molar-refractivity contribution is -0.118. The Morgan fingerprint density at radius 3 is 2.53 bits per heavy atom. The second kappa shape index (κ2) is 8.37. The number of carbonyl (C=O) groups excluding carboxylic acids is 1. The number of pyridine rings is 1. The first-order valence-electron chi connectivity index (χ1n) is 11.6. The molecule has 1 aliphatic heterocycles. The molecule has 1 aliphatic carbocycles. The van der Waals surface area contributed by atoms with E-state index in [1.807, 2.05) is 42.5 Å². The Kier molecular flexibility index (Phi) is 5.18. The molecule has 1 amide bonds. The van der Waals surface area contributed by atoms with Gasteiger partial charge in [0.2, 0.25) is 5.91 Å². The first-order chi connectivity index (χ1) is 16.6. The summed E-state index contributed by atoms with van der Waals surface area (Å²) in [5.74, 6) is 0.755. The summed E-state index contributed by atoms with van der Waals surface area (Å²) < 4.78 is 1.65. The number of rotatable bonds is 5. The molecule has 1 saturated carbocycles. The number of hydrogen-bond donors (Lipinski definition) is 2. The fraction of sp³-hybridized carbons (Fsp3) is 0.214. The lowest BCUT2D eigenvalue weighted by Crippen LogP contribution is -2.34. The highest BCUT2D eigenvalue weighted by Gasteiger charge is 2.39. The second-order valence-electron chi connectivity index (χ2n) is 9.06. The monoisotopic (exact) mass is 467 g/mol. The van der Waals surface area contributed by atoms with Crippen LogP contribution >= 0.6 is 11.8 Å². The zero-order chi connectivity index (χ0) is 23.2. The topological polar surface area (TPSA) is 77.1 Å². The summed E-state index contributed by atoms with van der Waals surface area (Å²) in [7, 11) is 0. The predicted octanol–water partition coefficient (Wildman–Crippen LogP) is 5.34. The van der Waals surface area contributed by atoms with Gasteiger partial charge in [-0.25, -0.2) is 0 Å². The van der Waals surface area contributed by atoms with E-state index in [1.54, 1.807) is 16.3 Å². The molecule has 1 fully saturated rings. The number of para-hydroxylation sites is 1. The molecule has 34 heavy (non-hydrogen) atoms. The lowest BCUT2D eigenvalue weighted by Gasteiger charge is -2.20. The Bertz CT molecular complexity index is 1470. The molecule has 3 N–H and O–H groups in total. The van der Waals surface area contributed by atoms with Gasteiger partial charge in [-0.05, 0) is 58.4 Å². The lowest BCUT2D eigenvalue weighted by atomic mass is 9.93. The van der Waals surface area contributed by atoms with Crippen LogP contribution in [0, 0.1) is 0 Å². The number of nitrogen functional groups attached to an aromatic ring is 1. The van der Waals surface area contributed by atoms with E-state index in [0.717, 1.165) is 34.7 Å². The van der Waals surface area contributed by atoms with Crippen molar-refractivity contribution in [2.75, 3.05) is 16.8 Å². The number of nitrogens with two attached hydrogens (primary N) is 1. The van der Waals surface area contributed by atoms with Gasteiger partial charge < -0.3 is 11.1 Å². The highest BCUT2D eigenvalue weighted by molar-refractivity contribution is 7.99. The minimum Gasteiger partial charge on any atom is -0.394 e. The van der Waals surface area contributed by atoms with Crippen LogP contribution in [-0.4, -0.2) is 16.2 Å². The Morgan fingerprint density at radius 2 is 1.74 bits per heavy atom. The van der Waals surface area contributed by atoms with E-state index in [0.29, 0.717) is 18.1 Å². The molecule has 0 radical (unpaired) electrons. The van der Waals surface area contributed by atoms with Crippen molar-refractivity contribution in [3.05, 3.63) is 99.8 Å². The van der Waals surface area contributed by atoms with Crippen LogP contribution in [0.25, 0.3) is 10.8 Å². The van der Waals surface area contributed by atoms with Gasteiger partial charge in [-0.3, -0.25) is 14.2 Å². The molecule has 0 saturated heterocycles. The molecule has 1 atom stereocenters. The number of thioether (sulfide) groups is 1. The summed E-state index contributed by atoms with van der Waals surface area (Å²) in [6, 6.07) is 23.4. The summed E-state index contributed by atoms with van der Waals surface area (Å²) in [6.07, 6.45) is 2.80. The molecule has 0 spiro atoms. The summed E-state index contributed by atoms with van der Waals surface area (Å²) in [5.41, 5.74) is 10.6. The third kappa shape index (κ3) is 3.59. The van der Waals surface area contributed by atoms with Crippen LogP contribution in [0.3, 0.4) is 0 Å². The number of nitrogens with one attached hydrogen (secondary N) is 1. The summed E-state index contributed by atoms with van der Waals surface area (Å²) in [5, 5.41) is 6.24. The standard InChI is InChI=1S/C28H25N3O2S/c29-25-22(15-19-9-6-8-17-7-4-5-12-21(17)19)24(18-13-14-18)28-31(27(25)33)23(16-34-28)26(32)30-20-10-2-1-3-11-20/h1-12,18,23H,13-16,29H2,(H,30,32)/t23-/m0/s1. The van der Waals surface area contributed by atoms with E-state index in [2.05, 4.69) is 35.6 Å². The molecule has 4 aromatic rings. The average Bonchev–Trinajstić information content (AvgIpc) is 3.60. The van der Waals surface area contributed by atoms with Crippen molar-refractivity contribution in [1.29, 1.82) is 0 Å². The van der Waals surface area contributed by atoms with E-state index in [9.17, 15) is 9.59 Å². The Labute approximate surface area is 202 Å². The SMILES string of the molecule is Nc1c(Cc2cccc3ccccc23)c(C2CC2)c2n(c1=O)[C@H](C(=O)Nc1ccccc1)CS2. The normalized spacial score (nSPS) is 17.0. The van der Waals surface area contributed by atoms with Crippen LogP contribution in [0.1, 0.15) is 41.5 Å². The molecule has 6 heteroatoms. The number of fused-ring (bicyclic) bond motifs is 2. The number of hydrogen-bond acceptors (Lipinski definition) is 4. The molecular formula is C28H25N3O2S. The number of aromatic nitrogens is 1. The highest BCUT2D eigenvalue weighted by atomic mass is 32.2. The summed E-state index contributed by atoms with van der Waals surface area (Å²) >= 11 is 1.61. The molecule has 170 valence electrons. The van der Waals surface area contributed by atoms with Crippen LogP contribution in [-0.2, 0) is 11.2 Å². The third-order valence-corrected chi connectivity index (χ3v) is 7.99. The van der Waals surface area contributed by atoms with E-state index in [1.165, 1.54) is 16.3 Å². The fourth-order valence-electron chi connectivity index (χ4n) is 4.98. The summed E-state index contributed by atoms with van der Waals surface area (Å²) in [4.78, 5) is 26.7. The van der Waals surface area contributed by atoms with Gasteiger partial charge >= 0.3 is 0 Å². The van der Waals surface area contributed by atoms with Crippen LogP contribution < -0.4 is 16.6 Å². The Morgan fingerprint density at radius 1 is 1.00 bits per heavy atom. The molecule has 5 nitrogen and oxygen atoms in total. The Hall–Kier alpha value is -3.51. The molecule has 2 heterocycles. The molecule has 3 aromatic carbocycles. The minimum atomic E-state index is -0.570. The average molecular weight is 468 g/mol. The molecule has 6 rings (SSSR count). The van der Waals surface area contributed by atoms with Gasteiger partial charge in [0.05, 0.1) is 5.03 Å². The van der Waals surface area contributed by atoms with Gasteiger partial charge in [0, 0.05) is 17.9 Å². The maximum atomic E-state index is 13.5. The van der Waals surface area contributed by atoms with Gasteiger partial charge in [0.25, 0.3) is 5.56 Å². The van der Waals surface area contributed by atoms with Crippen molar-refractivity contribution in [2.45, 2.75) is 36.2 Å². The number of benzene rings is 3. The van der Waals surface area contributed by atoms with Gasteiger partial charge in [0.15, 0.2) is 0 Å². The van der Waals surface area contributed by atoms with Crippen molar-refractivity contribution >= 4 is 39.8 Å². The first-order valence-corrected chi connectivity index (χ1v) is 12.6. The van der Waals surface area contributed by atoms with Gasteiger partial charge in [-0.1, -0.05) is 60.7 Å². The first kappa shape index (κ1) is 21.1. The molecule has 2 aliphatic rings. The zero-order valence-electron chi connectivity index (χ0n) is 18.7. The summed E-state index contributed by atoms with van der Waals surface area (Å²) in [6.45, 7) is 0. The maximum absolute atomic E-state index is 13.5. The molecular weight excluding hydrogens is 442 g/mol. The molecule has 0 bridgehead atoms. The number of amides is 1. The van der Waals surface area contributed by atoms with Crippen molar-refractivity contribution < 1.29 is 4.79 Å². The zero-order valence-corrected chi connectivity index (χ0v) is 19.5. The van der Waals surface area contributed by atoms with Crippen molar-refractivity contribution in [2.24, 2.45) is 0 Å². The number of carbonyl (C=O) groups is 1. The molecule has 0 unspecified atom stereocenters. The molecule has 1 aromatic heterocycles.